The first-order chi connectivity index (χ1) is 8.08. The van der Waals surface area contributed by atoms with Gasteiger partial charge in [-0.15, -0.1) is 0 Å². The minimum Gasteiger partial charge on any atom is -0.348 e. The number of carbonyl (C=O) groups excluding carboxylic acids is 1. The number of carbonyl (C=O) groups is 1. The Morgan fingerprint density at radius 3 is 2.71 bits per heavy atom. The molecule has 0 aliphatic heterocycles. The lowest BCUT2D eigenvalue weighted by atomic mass is 10.00. The van der Waals surface area contributed by atoms with Gasteiger partial charge in [0.1, 0.15) is 5.69 Å². The van der Waals surface area contributed by atoms with Crippen LogP contribution in [0.5, 0.6) is 0 Å². The summed E-state index contributed by atoms with van der Waals surface area (Å²) in [6.07, 6.45) is 7.01. The predicted octanol–water partition coefficient (Wildman–Crippen LogP) is 3.10. The van der Waals surface area contributed by atoms with E-state index in [-0.39, 0.29) is 11.9 Å². The van der Waals surface area contributed by atoms with Gasteiger partial charge in [0.05, 0.1) is 0 Å². The first-order valence-electron chi connectivity index (χ1n) is 6.20. The van der Waals surface area contributed by atoms with E-state index in [4.69, 9.17) is 0 Å². The Labute approximate surface area is 111 Å². The van der Waals surface area contributed by atoms with Crippen LogP contribution in [0.15, 0.2) is 16.7 Å². The van der Waals surface area contributed by atoms with Gasteiger partial charge in [0.15, 0.2) is 0 Å². The van der Waals surface area contributed by atoms with Crippen LogP contribution in [0, 0.1) is 5.92 Å². The van der Waals surface area contributed by atoms with E-state index in [1.54, 1.807) is 0 Å². The molecule has 1 amide bonds. The second-order valence-corrected chi connectivity index (χ2v) is 5.88. The maximum atomic E-state index is 12.1. The normalized spacial score (nSPS) is 18.3. The average Bonchev–Trinajstić information content (AvgIpc) is 2.87. The zero-order chi connectivity index (χ0) is 12.4. The third-order valence-corrected chi connectivity index (χ3v) is 4.10. The molecule has 1 aliphatic carbocycles. The van der Waals surface area contributed by atoms with Gasteiger partial charge >= 0.3 is 0 Å². The van der Waals surface area contributed by atoms with Gasteiger partial charge in [0.25, 0.3) is 5.91 Å². The summed E-state index contributed by atoms with van der Waals surface area (Å²) in [6.45, 7) is 2.12. The fourth-order valence-electron chi connectivity index (χ4n) is 2.61. The Morgan fingerprint density at radius 1 is 1.53 bits per heavy atom. The number of nitrogens with zero attached hydrogens (tertiary/aromatic N) is 1. The largest absolute Gasteiger partial charge is 0.348 e. The Kier molecular flexibility index (Phi) is 3.92. The van der Waals surface area contributed by atoms with Crippen LogP contribution in [0.4, 0.5) is 0 Å². The Bertz CT molecular complexity index is 408. The molecular formula is C13H19BrN2O. The molecule has 94 valence electrons. The van der Waals surface area contributed by atoms with Crippen molar-refractivity contribution in [2.45, 2.75) is 38.6 Å². The lowest BCUT2D eigenvalue weighted by Crippen LogP contribution is -2.37. The molecule has 1 fully saturated rings. The van der Waals surface area contributed by atoms with Crippen LogP contribution in [0.1, 0.15) is 43.1 Å². The molecule has 1 aliphatic rings. The van der Waals surface area contributed by atoms with E-state index in [0.29, 0.717) is 11.6 Å². The first kappa shape index (κ1) is 12.7. The van der Waals surface area contributed by atoms with Crippen LogP contribution in [0.2, 0.25) is 0 Å². The van der Waals surface area contributed by atoms with Crippen molar-refractivity contribution < 1.29 is 4.79 Å². The topological polar surface area (TPSA) is 34.0 Å². The molecule has 0 spiro atoms. The molecule has 17 heavy (non-hydrogen) atoms. The predicted molar refractivity (Wildman–Crippen MR) is 72.0 cm³/mol. The summed E-state index contributed by atoms with van der Waals surface area (Å²) in [7, 11) is 1.89. The van der Waals surface area contributed by atoms with E-state index >= 15 is 0 Å². The third-order valence-electron chi connectivity index (χ3n) is 3.67. The van der Waals surface area contributed by atoms with Gasteiger partial charge in [0, 0.05) is 23.8 Å². The maximum Gasteiger partial charge on any atom is 0.268 e. The lowest BCUT2D eigenvalue weighted by Gasteiger charge is -2.20. The zero-order valence-electron chi connectivity index (χ0n) is 10.4. The van der Waals surface area contributed by atoms with Gasteiger partial charge in [-0.1, -0.05) is 12.8 Å². The Hall–Kier alpha value is -0.770. The standard InChI is InChI=1S/C13H19BrN2O/c1-9(10-5-3-4-6-10)15-13(17)12-7-11(14)8-16(12)2/h7-10H,3-6H2,1-2H3,(H,15,17). The molecule has 1 saturated carbocycles. The van der Waals surface area contributed by atoms with E-state index in [2.05, 4.69) is 28.2 Å². The summed E-state index contributed by atoms with van der Waals surface area (Å²) < 4.78 is 2.79. The van der Waals surface area contributed by atoms with E-state index in [0.717, 1.165) is 4.47 Å². The Morgan fingerprint density at radius 2 is 2.18 bits per heavy atom. The number of hydrogen-bond acceptors (Lipinski definition) is 1. The van der Waals surface area contributed by atoms with Crippen LogP contribution in [-0.4, -0.2) is 16.5 Å². The summed E-state index contributed by atoms with van der Waals surface area (Å²) in [5.41, 5.74) is 0.710. The van der Waals surface area contributed by atoms with Crippen molar-refractivity contribution in [2.24, 2.45) is 13.0 Å². The highest BCUT2D eigenvalue weighted by atomic mass is 79.9. The van der Waals surface area contributed by atoms with Crippen molar-refractivity contribution in [3.05, 3.63) is 22.4 Å². The number of nitrogens with one attached hydrogen (secondary N) is 1. The number of rotatable bonds is 3. The summed E-state index contributed by atoms with van der Waals surface area (Å²) in [6, 6.07) is 2.13. The number of hydrogen-bond donors (Lipinski definition) is 1. The molecule has 1 N–H and O–H groups in total. The molecular weight excluding hydrogens is 280 g/mol. The zero-order valence-corrected chi connectivity index (χ0v) is 12.0. The number of halogens is 1. The van der Waals surface area contributed by atoms with Crippen LogP contribution in [-0.2, 0) is 7.05 Å². The maximum absolute atomic E-state index is 12.1. The minimum atomic E-state index is 0.0256. The third kappa shape index (κ3) is 2.92. The highest BCUT2D eigenvalue weighted by molar-refractivity contribution is 9.10. The summed E-state index contributed by atoms with van der Waals surface area (Å²) in [4.78, 5) is 12.1. The molecule has 2 rings (SSSR count). The molecule has 1 unspecified atom stereocenters. The van der Waals surface area contributed by atoms with Crippen molar-refractivity contribution >= 4 is 21.8 Å². The van der Waals surface area contributed by atoms with Gasteiger partial charge in [-0.05, 0) is 47.7 Å². The van der Waals surface area contributed by atoms with Gasteiger partial charge in [-0.3, -0.25) is 4.79 Å². The fraction of sp³-hybridized carbons (Fsp3) is 0.615. The minimum absolute atomic E-state index is 0.0256. The number of aryl methyl sites for hydroxylation is 1. The monoisotopic (exact) mass is 298 g/mol. The molecule has 1 heterocycles. The molecule has 0 bridgehead atoms. The number of amides is 1. The Balaban J connectivity index is 1.98. The smallest absolute Gasteiger partial charge is 0.268 e. The van der Waals surface area contributed by atoms with E-state index in [1.807, 2.05) is 23.9 Å². The van der Waals surface area contributed by atoms with Crippen LogP contribution in [0.3, 0.4) is 0 Å². The molecule has 1 aromatic rings. The molecule has 4 heteroatoms. The van der Waals surface area contributed by atoms with E-state index in [9.17, 15) is 4.79 Å². The van der Waals surface area contributed by atoms with Crippen molar-refractivity contribution in [1.82, 2.24) is 9.88 Å². The van der Waals surface area contributed by atoms with Crippen LogP contribution in [0.25, 0.3) is 0 Å². The van der Waals surface area contributed by atoms with Crippen molar-refractivity contribution in [1.29, 1.82) is 0 Å². The second-order valence-electron chi connectivity index (χ2n) is 4.96. The highest BCUT2D eigenvalue weighted by Gasteiger charge is 2.23. The molecule has 1 aromatic heterocycles. The summed E-state index contributed by atoms with van der Waals surface area (Å²) in [5.74, 6) is 0.681. The molecule has 0 aromatic carbocycles. The van der Waals surface area contributed by atoms with Gasteiger partial charge < -0.3 is 9.88 Å². The van der Waals surface area contributed by atoms with Crippen molar-refractivity contribution in [3.8, 4) is 0 Å². The summed E-state index contributed by atoms with van der Waals surface area (Å²) >= 11 is 3.38. The quantitative estimate of drug-likeness (QED) is 0.914. The van der Waals surface area contributed by atoms with Gasteiger partial charge in [-0.2, -0.15) is 0 Å². The molecule has 1 atom stereocenters. The first-order valence-corrected chi connectivity index (χ1v) is 7.00. The van der Waals surface area contributed by atoms with E-state index < -0.39 is 0 Å². The lowest BCUT2D eigenvalue weighted by molar-refractivity contribution is 0.0919. The van der Waals surface area contributed by atoms with Crippen molar-refractivity contribution in [3.63, 3.8) is 0 Å². The summed E-state index contributed by atoms with van der Waals surface area (Å²) in [5, 5.41) is 3.11. The highest BCUT2D eigenvalue weighted by Crippen LogP contribution is 2.27. The van der Waals surface area contributed by atoms with Gasteiger partial charge in [-0.25, -0.2) is 0 Å². The van der Waals surface area contributed by atoms with Crippen LogP contribution < -0.4 is 5.32 Å². The average molecular weight is 299 g/mol. The molecule has 0 radical (unpaired) electrons. The second kappa shape index (κ2) is 5.25. The number of aromatic nitrogens is 1. The van der Waals surface area contributed by atoms with E-state index in [1.165, 1.54) is 25.7 Å². The van der Waals surface area contributed by atoms with Gasteiger partial charge in [0.2, 0.25) is 0 Å². The molecule has 0 saturated heterocycles. The molecule has 3 nitrogen and oxygen atoms in total. The fourth-order valence-corrected chi connectivity index (χ4v) is 3.13. The SMILES string of the molecule is CC(NC(=O)c1cc(Br)cn1C)C1CCCC1. The van der Waals surface area contributed by atoms with Crippen LogP contribution >= 0.6 is 15.9 Å². The van der Waals surface area contributed by atoms with Crippen molar-refractivity contribution in [2.75, 3.05) is 0 Å².